The van der Waals surface area contributed by atoms with Crippen LogP contribution in [0.15, 0.2) is 125 Å². The summed E-state index contributed by atoms with van der Waals surface area (Å²) < 4.78 is 0. The van der Waals surface area contributed by atoms with Gasteiger partial charge in [0.1, 0.15) is 11.9 Å². The Hall–Kier alpha value is -6.95. The van der Waals surface area contributed by atoms with Gasteiger partial charge in [0.15, 0.2) is 0 Å². The van der Waals surface area contributed by atoms with Gasteiger partial charge in [0, 0.05) is 58.8 Å². The molecule has 0 aliphatic carbocycles. The first-order valence-corrected chi connectivity index (χ1v) is 18.6. The number of carbonyl (C=O) groups excluding carboxylic acids is 3. The third-order valence-electron chi connectivity index (χ3n) is 10.2. The maximum atomic E-state index is 14.0. The van der Waals surface area contributed by atoms with Gasteiger partial charge in [-0.1, -0.05) is 66.7 Å². The quantitative estimate of drug-likeness (QED) is 0.166. The summed E-state index contributed by atoms with van der Waals surface area (Å²) >= 11 is 0. The van der Waals surface area contributed by atoms with Crippen molar-refractivity contribution in [1.82, 2.24) is 9.97 Å². The molecule has 0 unspecified atom stereocenters. The third-order valence-corrected chi connectivity index (χ3v) is 10.2. The first-order chi connectivity index (χ1) is 27.1. The maximum absolute atomic E-state index is 14.0. The van der Waals surface area contributed by atoms with Crippen LogP contribution in [-0.2, 0) is 17.9 Å². The Morgan fingerprint density at radius 2 is 1.66 bits per heavy atom. The van der Waals surface area contributed by atoms with E-state index in [0.717, 1.165) is 52.1 Å². The fourth-order valence-electron chi connectivity index (χ4n) is 7.12. The lowest BCUT2D eigenvalue weighted by Gasteiger charge is -2.35. The molecule has 4 aromatic carbocycles. The smallest absolute Gasteiger partial charge is 0.326 e. The number of hydrogen-bond donors (Lipinski definition) is 2. The average molecular weight is 744 g/mol. The highest BCUT2D eigenvalue weighted by atomic mass is 16.2. The predicted octanol–water partition coefficient (Wildman–Crippen LogP) is 7.89. The number of aromatic nitrogens is 2. The molecule has 0 radical (unpaired) electrons. The summed E-state index contributed by atoms with van der Waals surface area (Å²) in [7, 11) is 1.69. The van der Waals surface area contributed by atoms with Gasteiger partial charge in [-0.2, -0.15) is 4.98 Å². The van der Waals surface area contributed by atoms with Crippen molar-refractivity contribution in [3.05, 3.63) is 149 Å². The SMILES string of the molecule is CC1=NC=C(Nc2ncc3c(n2)N(C)C(=O)N(c2cc(NC(=O)c4ccc5c(c4)N(Cc4ccccc4)C(=O)[C@H](C)N=C5c4ccccc4)ccc2C)C3)CC1. The molecule has 56 heavy (non-hydrogen) atoms. The number of aryl methyl sites for hydroxylation is 1. The lowest BCUT2D eigenvalue weighted by Crippen LogP contribution is -2.46. The van der Waals surface area contributed by atoms with Crippen LogP contribution in [0.3, 0.4) is 0 Å². The molecule has 0 spiro atoms. The summed E-state index contributed by atoms with van der Waals surface area (Å²) in [6.45, 7) is 6.29. The van der Waals surface area contributed by atoms with Crippen molar-refractivity contribution >= 4 is 58.1 Å². The molecule has 12 nitrogen and oxygen atoms in total. The Balaban J connectivity index is 1.07. The molecule has 2 N–H and O–H groups in total. The number of hydrogen-bond acceptors (Lipinski definition) is 8. The van der Waals surface area contributed by atoms with Gasteiger partial charge in [-0.15, -0.1) is 0 Å². The van der Waals surface area contributed by atoms with Gasteiger partial charge in [-0.25, -0.2) is 9.78 Å². The van der Waals surface area contributed by atoms with Crippen molar-refractivity contribution in [2.75, 3.05) is 32.4 Å². The van der Waals surface area contributed by atoms with Gasteiger partial charge in [0.25, 0.3) is 11.8 Å². The minimum absolute atomic E-state index is 0.163. The molecule has 1 aromatic heterocycles. The number of amides is 4. The Morgan fingerprint density at radius 3 is 2.41 bits per heavy atom. The largest absolute Gasteiger partial charge is 0.330 e. The second-order valence-corrected chi connectivity index (χ2v) is 14.2. The van der Waals surface area contributed by atoms with Crippen LogP contribution >= 0.6 is 0 Å². The molecule has 5 aromatic rings. The summed E-state index contributed by atoms with van der Waals surface area (Å²) in [5.41, 5.74) is 9.04. The fraction of sp³-hybridized carbons (Fsp3) is 0.205. The number of nitrogens with zero attached hydrogens (tertiary/aromatic N) is 7. The lowest BCUT2D eigenvalue weighted by molar-refractivity contribution is -0.119. The van der Waals surface area contributed by atoms with Crippen LogP contribution in [0.25, 0.3) is 0 Å². The van der Waals surface area contributed by atoms with Crippen LogP contribution in [-0.4, -0.2) is 52.3 Å². The van der Waals surface area contributed by atoms with Crippen molar-refractivity contribution in [2.24, 2.45) is 9.98 Å². The van der Waals surface area contributed by atoms with E-state index in [1.807, 2.05) is 92.7 Å². The second kappa shape index (κ2) is 15.1. The highest BCUT2D eigenvalue weighted by Gasteiger charge is 2.33. The van der Waals surface area contributed by atoms with E-state index >= 15 is 0 Å². The second-order valence-electron chi connectivity index (χ2n) is 14.2. The van der Waals surface area contributed by atoms with Crippen LogP contribution in [0.5, 0.6) is 0 Å². The number of carbonyl (C=O) groups is 3. The number of allylic oxidation sites excluding steroid dienone is 1. The van der Waals surface area contributed by atoms with Crippen LogP contribution in [0.2, 0.25) is 0 Å². The Bertz CT molecular complexity index is 2460. The number of anilines is 5. The van der Waals surface area contributed by atoms with Crippen molar-refractivity contribution < 1.29 is 14.4 Å². The highest BCUT2D eigenvalue weighted by molar-refractivity contribution is 6.21. The molecule has 0 saturated heterocycles. The van der Waals surface area contributed by atoms with Gasteiger partial charge >= 0.3 is 6.03 Å². The molecular weight excluding hydrogens is 703 g/mol. The van der Waals surface area contributed by atoms with Gasteiger partial charge in [0.2, 0.25) is 5.95 Å². The van der Waals surface area contributed by atoms with Gasteiger partial charge in [0.05, 0.1) is 30.2 Å². The molecule has 8 rings (SSSR count). The number of aliphatic imine (C=N–C) groups is 2. The van der Waals surface area contributed by atoms with E-state index in [1.54, 1.807) is 54.4 Å². The van der Waals surface area contributed by atoms with E-state index in [9.17, 15) is 14.4 Å². The average Bonchev–Trinajstić information content (AvgIpc) is 3.32. The number of nitrogens with one attached hydrogen (secondary N) is 2. The number of urea groups is 1. The Morgan fingerprint density at radius 1 is 0.893 bits per heavy atom. The molecule has 4 heterocycles. The molecule has 0 saturated carbocycles. The van der Waals surface area contributed by atoms with Gasteiger partial charge in [-0.05, 0) is 75.1 Å². The standard InChI is InChI=1S/C44H41N9O3/c1-27-15-18-34(22-37(27)53-26-33-23-46-43(50-40(33)51(4)44(53)56)49-35-19-16-28(2)45-24-35)48-41(54)32-17-20-36-38(21-32)52(25-30-11-7-5-8-12-30)42(55)29(3)47-39(36)31-13-9-6-10-14-31/h5-15,17-18,20-24,29H,16,19,25-26H2,1-4H3,(H,48,54)(H,46,49,50)/t29-/m0/s1. The molecular formula is C44H41N9O3. The fourth-order valence-corrected chi connectivity index (χ4v) is 7.12. The number of rotatable bonds is 8. The predicted molar refractivity (Wildman–Crippen MR) is 221 cm³/mol. The van der Waals surface area contributed by atoms with Crippen molar-refractivity contribution in [1.29, 1.82) is 0 Å². The number of benzodiazepines with no additional fused rings is 1. The summed E-state index contributed by atoms with van der Waals surface area (Å²) in [4.78, 5) is 65.2. The lowest BCUT2D eigenvalue weighted by atomic mass is 9.98. The molecule has 3 aliphatic heterocycles. The van der Waals surface area contributed by atoms with Crippen LogP contribution < -0.4 is 25.3 Å². The maximum Gasteiger partial charge on any atom is 0.330 e. The molecule has 280 valence electrons. The Labute approximate surface area is 325 Å². The third kappa shape index (κ3) is 7.16. The van der Waals surface area contributed by atoms with Crippen molar-refractivity contribution in [3.8, 4) is 0 Å². The highest BCUT2D eigenvalue weighted by Crippen LogP contribution is 2.35. The first kappa shape index (κ1) is 36.0. The zero-order valence-electron chi connectivity index (χ0n) is 31.7. The van der Waals surface area contributed by atoms with Crippen LogP contribution in [0, 0.1) is 6.92 Å². The molecule has 0 fully saturated rings. The molecule has 1 atom stereocenters. The topological polar surface area (TPSA) is 135 Å². The first-order valence-electron chi connectivity index (χ1n) is 18.6. The summed E-state index contributed by atoms with van der Waals surface area (Å²) in [5.74, 6) is 0.408. The Kier molecular flexibility index (Phi) is 9.69. The number of fused-ring (bicyclic) bond motifs is 2. The van der Waals surface area contributed by atoms with E-state index in [2.05, 4.69) is 25.6 Å². The van der Waals surface area contributed by atoms with Gasteiger partial charge in [-0.3, -0.25) is 29.4 Å². The van der Waals surface area contributed by atoms with Crippen LogP contribution in [0.1, 0.15) is 64.9 Å². The van der Waals surface area contributed by atoms with Crippen LogP contribution in [0.4, 0.5) is 33.6 Å². The summed E-state index contributed by atoms with van der Waals surface area (Å²) in [6.07, 6.45) is 5.20. The number of benzene rings is 4. The minimum Gasteiger partial charge on any atom is -0.326 e. The molecule has 12 heteroatoms. The van der Waals surface area contributed by atoms with Crippen molar-refractivity contribution in [3.63, 3.8) is 0 Å². The molecule has 4 amide bonds. The minimum atomic E-state index is -0.642. The van der Waals surface area contributed by atoms with E-state index in [4.69, 9.17) is 4.99 Å². The monoisotopic (exact) mass is 743 g/mol. The van der Waals surface area contributed by atoms with E-state index in [0.29, 0.717) is 46.6 Å². The van der Waals surface area contributed by atoms with E-state index < -0.39 is 6.04 Å². The normalized spacial score (nSPS) is 16.6. The van der Waals surface area contributed by atoms with E-state index in [-0.39, 0.29) is 24.4 Å². The summed E-state index contributed by atoms with van der Waals surface area (Å²) in [6, 6.07) is 29.5. The zero-order chi connectivity index (χ0) is 38.9. The molecule has 0 bridgehead atoms. The zero-order valence-corrected chi connectivity index (χ0v) is 31.7. The van der Waals surface area contributed by atoms with E-state index in [1.165, 1.54) is 4.90 Å². The van der Waals surface area contributed by atoms with Crippen molar-refractivity contribution in [2.45, 2.75) is 52.7 Å². The van der Waals surface area contributed by atoms with Gasteiger partial charge < -0.3 is 15.5 Å². The summed E-state index contributed by atoms with van der Waals surface area (Å²) in [5, 5.41) is 6.28. The molecule has 3 aliphatic rings.